The Hall–Kier alpha value is -1.21. The first-order valence-electron chi connectivity index (χ1n) is 6.06. The van der Waals surface area contributed by atoms with Gasteiger partial charge in [0, 0.05) is 18.0 Å². The Labute approximate surface area is 114 Å². The first kappa shape index (κ1) is 14.2. The minimum absolute atomic E-state index is 0.0290. The second-order valence-electron chi connectivity index (χ2n) is 4.57. The predicted octanol–water partition coefficient (Wildman–Crippen LogP) is 2.08. The molecular formula is C12H16F2N2O2S. The monoisotopic (exact) mass is 290 g/mol. The Bertz CT molecular complexity index is 465. The minimum atomic E-state index is -2.92. The molecule has 0 spiro atoms. The summed E-state index contributed by atoms with van der Waals surface area (Å²) >= 11 is 1.18. The Morgan fingerprint density at radius 1 is 1.68 bits per heavy atom. The summed E-state index contributed by atoms with van der Waals surface area (Å²) in [5.41, 5.74) is 5.58. The van der Waals surface area contributed by atoms with E-state index < -0.39 is 6.61 Å². The summed E-state index contributed by atoms with van der Waals surface area (Å²) in [6.45, 7) is 0.572. The lowest BCUT2D eigenvalue weighted by Gasteiger charge is -2.16. The number of amides is 1. The van der Waals surface area contributed by atoms with Crippen molar-refractivity contribution in [2.45, 2.75) is 20.0 Å². The van der Waals surface area contributed by atoms with E-state index in [0.717, 1.165) is 11.3 Å². The maximum atomic E-state index is 12.3. The molecule has 1 aromatic heterocycles. The Morgan fingerprint density at radius 3 is 3.00 bits per heavy atom. The molecule has 106 valence electrons. The highest BCUT2D eigenvalue weighted by Crippen LogP contribution is 2.32. The van der Waals surface area contributed by atoms with E-state index >= 15 is 0 Å². The number of aryl methyl sites for hydroxylation is 1. The van der Waals surface area contributed by atoms with Gasteiger partial charge >= 0.3 is 6.61 Å². The summed E-state index contributed by atoms with van der Waals surface area (Å²) in [5.74, 6) is 0.0212. The van der Waals surface area contributed by atoms with Gasteiger partial charge in [-0.05, 0) is 31.9 Å². The number of ether oxygens (including phenoxy) is 1. The van der Waals surface area contributed by atoms with Crippen molar-refractivity contribution in [2.24, 2.45) is 11.7 Å². The number of nitrogens with two attached hydrogens (primary N) is 1. The van der Waals surface area contributed by atoms with Crippen LogP contribution in [0, 0.1) is 12.8 Å². The second kappa shape index (κ2) is 5.83. The van der Waals surface area contributed by atoms with Gasteiger partial charge in [0.05, 0.1) is 0 Å². The molecule has 1 fully saturated rings. The number of carbonyl (C=O) groups excluding carboxylic acids is 1. The molecule has 2 heterocycles. The number of halogens is 2. The smallest absolute Gasteiger partial charge is 0.387 e. The van der Waals surface area contributed by atoms with E-state index in [2.05, 4.69) is 4.74 Å². The van der Waals surface area contributed by atoms with Crippen LogP contribution in [0.2, 0.25) is 0 Å². The van der Waals surface area contributed by atoms with Crippen LogP contribution >= 0.6 is 11.3 Å². The van der Waals surface area contributed by atoms with Crippen LogP contribution in [0.3, 0.4) is 0 Å². The third-order valence-electron chi connectivity index (χ3n) is 3.14. The van der Waals surface area contributed by atoms with Crippen LogP contribution in [0.1, 0.15) is 21.0 Å². The van der Waals surface area contributed by atoms with Gasteiger partial charge in [-0.1, -0.05) is 0 Å². The van der Waals surface area contributed by atoms with E-state index in [0.29, 0.717) is 25.6 Å². The van der Waals surface area contributed by atoms with Crippen molar-refractivity contribution in [3.63, 3.8) is 0 Å². The van der Waals surface area contributed by atoms with Crippen molar-refractivity contribution in [2.75, 3.05) is 19.6 Å². The zero-order chi connectivity index (χ0) is 14.0. The van der Waals surface area contributed by atoms with Gasteiger partial charge < -0.3 is 15.4 Å². The molecular weight excluding hydrogens is 274 g/mol. The maximum absolute atomic E-state index is 12.3. The molecule has 0 radical (unpaired) electrons. The zero-order valence-corrected chi connectivity index (χ0v) is 11.4. The summed E-state index contributed by atoms with van der Waals surface area (Å²) in [6, 6.07) is 1.47. The van der Waals surface area contributed by atoms with Crippen LogP contribution in [0.4, 0.5) is 8.78 Å². The molecule has 0 saturated carbocycles. The number of alkyl halides is 2. The van der Waals surface area contributed by atoms with E-state index in [1.165, 1.54) is 17.4 Å². The van der Waals surface area contributed by atoms with Gasteiger partial charge in [-0.25, -0.2) is 0 Å². The molecule has 1 unspecified atom stereocenters. The molecule has 19 heavy (non-hydrogen) atoms. The first-order valence-corrected chi connectivity index (χ1v) is 6.87. The SMILES string of the molecule is Cc1cc(OC(F)F)c(C(=O)N2CCC(CN)C2)s1. The second-order valence-corrected chi connectivity index (χ2v) is 5.83. The lowest BCUT2D eigenvalue weighted by atomic mass is 10.1. The molecule has 1 atom stereocenters. The van der Waals surface area contributed by atoms with Crippen molar-refractivity contribution in [1.82, 2.24) is 4.90 Å². The quantitative estimate of drug-likeness (QED) is 0.923. The normalized spacial score (nSPS) is 19.2. The number of carbonyl (C=O) groups is 1. The number of likely N-dealkylation sites (tertiary alicyclic amines) is 1. The molecule has 1 aliphatic rings. The largest absolute Gasteiger partial charge is 0.433 e. The lowest BCUT2D eigenvalue weighted by molar-refractivity contribution is -0.0499. The minimum Gasteiger partial charge on any atom is -0.433 e. The van der Waals surface area contributed by atoms with Crippen LogP contribution < -0.4 is 10.5 Å². The third kappa shape index (κ3) is 3.22. The van der Waals surface area contributed by atoms with Gasteiger partial charge in [0.15, 0.2) is 0 Å². The van der Waals surface area contributed by atoms with E-state index in [1.807, 2.05) is 0 Å². The van der Waals surface area contributed by atoms with Crippen molar-refractivity contribution < 1.29 is 18.3 Å². The highest BCUT2D eigenvalue weighted by atomic mass is 32.1. The van der Waals surface area contributed by atoms with Gasteiger partial charge in [0.2, 0.25) is 0 Å². The van der Waals surface area contributed by atoms with Crippen molar-refractivity contribution in [3.05, 3.63) is 15.8 Å². The summed E-state index contributed by atoms with van der Waals surface area (Å²) < 4.78 is 29.0. The number of nitrogens with zero attached hydrogens (tertiary/aromatic N) is 1. The summed E-state index contributed by atoms with van der Waals surface area (Å²) in [6.07, 6.45) is 0.859. The van der Waals surface area contributed by atoms with Gasteiger partial charge in [0.25, 0.3) is 5.91 Å². The number of hydrogen-bond acceptors (Lipinski definition) is 4. The van der Waals surface area contributed by atoms with E-state index in [4.69, 9.17) is 5.73 Å². The van der Waals surface area contributed by atoms with Crippen LogP contribution in [0.5, 0.6) is 5.75 Å². The third-order valence-corrected chi connectivity index (χ3v) is 4.16. The Morgan fingerprint density at radius 2 is 2.42 bits per heavy atom. The number of hydrogen-bond donors (Lipinski definition) is 1. The molecule has 7 heteroatoms. The van der Waals surface area contributed by atoms with Crippen LogP contribution in [-0.4, -0.2) is 37.1 Å². The van der Waals surface area contributed by atoms with Crippen molar-refractivity contribution in [1.29, 1.82) is 0 Å². The molecule has 1 aromatic rings. The van der Waals surface area contributed by atoms with Crippen LogP contribution in [0.25, 0.3) is 0 Å². The molecule has 4 nitrogen and oxygen atoms in total. The van der Waals surface area contributed by atoms with E-state index in [9.17, 15) is 13.6 Å². The Balaban J connectivity index is 2.15. The average Bonchev–Trinajstić information content (AvgIpc) is 2.94. The lowest BCUT2D eigenvalue weighted by Crippen LogP contribution is -2.29. The fraction of sp³-hybridized carbons (Fsp3) is 0.583. The van der Waals surface area contributed by atoms with Crippen molar-refractivity contribution in [3.8, 4) is 5.75 Å². The van der Waals surface area contributed by atoms with Crippen molar-refractivity contribution >= 4 is 17.2 Å². The standard InChI is InChI=1S/C12H16F2N2O2S/c1-7-4-9(18-12(13)14)10(19-7)11(17)16-3-2-8(5-15)6-16/h4,8,12H,2-3,5-6,15H2,1H3. The Kier molecular flexibility index (Phi) is 4.36. The first-order chi connectivity index (χ1) is 9.01. The molecule has 1 aliphatic heterocycles. The molecule has 0 bridgehead atoms. The zero-order valence-electron chi connectivity index (χ0n) is 10.6. The average molecular weight is 290 g/mol. The number of rotatable bonds is 4. The van der Waals surface area contributed by atoms with Gasteiger partial charge in [-0.15, -0.1) is 11.3 Å². The molecule has 1 amide bonds. The van der Waals surface area contributed by atoms with Crippen LogP contribution in [-0.2, 0) is 0 Å². The maximum Gasteiger partial charge on any atom is 0.387 e. The fourth-order valence-electron chi connectivity index (χ4n) is 2.18. The van der Waals surface area contributed by atoms with Gasteiger partial charge in [0.1, 0.15) is 10.6 Å². The highest BCUT2D eigenvalue weighted by molar-refractivity contribution is 7.14. The molecule has 2 N–H and O–H groups in total. The predicted molar refractivity (Wildman–Crippen MR) is 68.8 cm³/mol. The van der Waals surface area contributed by atoms with Crippen LogP contribution in [0.15, 0.2) is 6.07 Å². The van der Waals surface area contributed by atoms with Gasteiger partial charge in [-0.2, -0.15) is 8.78 Å². The molecule has 2 rings (SSSR count). The summed E-state index contributed by atoms with van der Waals surface area (Å²) in [4.78, 5) is 15.0. The number of thiophene rings is 1. The molecule has 0 aromatic carbocycles. The molecule has 0 aliphatic carbocycles. The van der Waals surface area contributed by atoms with Gasteiger partial charge in [-0.3, -0.25) is 4.79 Å². The van der Waals surface area contributed by atoms with E-state index in [1.54, 1.807) is 11.8 Å². The molecule has 1 saturated heterocycles. The highest BCUT2D eigenvalue weighted by Gasteiger charge is 2.29. The fourth-order valence-corrected chi connectivity index (χ4v) is 3.09. The summed E-state index contributed by atoms with van der Waals surface area (Å²) in [7, 11) is 0. The van der Waals surface area contributed by atoms with E-state index in [-0.39, 0.29) is 16.5 Å². The topological polar surface area (TPSA) is 55.6 Å². The summed E-state index contributed by atoms with van der Waals surface area (Å²) in [5, 5.41) is 0.